The molecule has 328 valence electrons. The molecule has 3 aliphatic carbocycles. The van der Waals surface area contributed by atoms with Gasteiger partial charge in [-0.2, -0.15) is 0 Å². The number of nitrogens with zero attached hydrogens (tertiary/aromatic N) is 3. The third-order valence-corrected chi connectivity index (χ3v) is 15.2. The van der Waals surface area contributed by atoms with E-state index in [1.807, 2.05) is 0 Å². The first-order chi connectivity index (χ1) is 33.4. The van der Waals surface area contributed by atoms with E-state index in [2.05, 4.69) is 273 Å². The van der Waals surface area contributed by atoms with Crippen LogP contribution >= 0.6 is 0 Å². The van der Waals surface area contributed by atoms with E-state index in [0.717, 1.165) is 51.6 Å². The second-order valence-electron chi connectivity index (χ2n) is 19.1. The van der Waals surface area contributed by atoms with Crippen molar-refractivity contribution in [1.29, 1.82) is 0 Å². The quantitative estimate of drug-likeness (QED) is 0.144. The van der Waals surface area contributed by atoms with Crippen molar-refractivity contribution in [2.45, 2.75) is 38.5 Å². The average molecular weight is 876 g/mol. The van der Waals surface area contributed by atoms with E-state index in [9.17, 15) is 0 Å². The number of imidazole rings is 1. The number of para-hydroxylation sites is 3. The molecule has 0 spiro atoms. The van der Waals surface area contributed by atoms with E-state index in [1.165, 1.54) is 50.1 Å². The molecule has 0 saturated heterocycles. The first-order valence-electron chi connectivity index (χ1n) is 24.0. The number of rotatable bonds is 9. The fourth-order valence-electron chi connectivity index (χ4n) is 11.8. The van der Waals surface area contributed by atoms with Crippen molar-refractivity contribution in [2.24, 2.45) is 11.3 Å². The predicted octanol–water partition coefficient (Wildman–Crippen LogP) is 16.8. The van der Waals surface area contributed by atoms with Gasteiger partial charge < -0.3 is 4.90 Å². The number of aromatic nitrogens is 2. The Hall–Kier alpha value is -8.01. The second kappa shape index (κ2) is 16.7. The molecule has 4 unspecified atom stereocenters. The fraction of sp³-hybridized carbons (Fsp3) is 0.123. The molecule has 68 heavy (non-hydrogen) atoms. The molecular formula is C65H53N3. The molecule has 3 aliphatic rings. The number of aryl methyl sites for hydroxylation is 1. The third-order valence-electron chi connectivity index (χ3n) is 15.2. The van der Waals surface area contributed by atoms with Crippen LogP contribution in [0, 0.1) is 18.3 Å². The summed E-state index contributed by atoms with van der Waals surface area (Å²) in [6.07, 6.45) is 17.8. The van der Waals surface area contributed by atoms with E-state index < -0.39 is 0 Å². The molecule has 0 amide bonds. The summed E-state index contributed by atoms with van der Waals surface area (Å²) >= 11 is 0. The maximum atomic E-state index is 5.22. The van der Waals surface area contributed by atoms with Gasteiger partial charge in [0.05, 0.1) is 11.0 Å². The van der Waals surface area contributed by atoms with Gasteiger partial charge in [-0.25, -0.2) is 4.98 Å². The zero-order valence-corrected chi connectivity index (χ0v) is 38.8. The molecule has 0 N–H and O–H groups in total. The first-order valence-corrected chi connectivity index (χ1v) is 24.0. The third kappa shape index (κ3) is 6.75. The van der Waals surface area contributed by atoms with Crippen LogP contribution in [0.2, 0.25) is 0 Å². The molecule has 4 atom stereocenters. The Morgan fingerprint density at radius 3 is 1.81 bits per heavy atom. The molecular weight excluding hydrogens is 823 g/mol. The summed E-state index contributed by atoms with van der Waals surface area (Å²) < 4.78 is 2.28. The average Bonchev–Trinajstić information content (AvgIpc) is 3.89. The van der Waals surface area contributed by atoms with E-state index in [4.69, 9.17) is 4.98 Å². The first kappa shape index (κ1) is 41.4. The molecule has 8 aromatic carbocycles. The zero-order chi connectivity index (χ0) is 45.8. The lowest BCUT2D eigenvalue weighted by Gasteiger charge is -2.51. The van der Waals surface area contributed by atoms with Gasteiger partial charge in [0.1, 0.15) is 5.82 Å². The van der Waals surface area contributed by atoms with Crippen molar-refractivity contribution in [2.75, 3.05) is 4.90 Å². The van der Waals surface area contributed by atoms with Crippen LogP contribution in [0.5, 0.6) is 0 Å². The molecule has 0 fully saturated rings. The number of fused-ring (bicyclic) bond motifs is 4. The van der Waals surface area contributed by atoms with Crippen molar-refractivity contribution in [3.63, 3.8) is 0 Å². The molecule has 1 aromatic heterocycles. The molecule has 0 saturated carbocycles. The van der Waals surface area contributed by atoms with Crippen molar-refractivity contribution >= 4 is 28.1 Å². The minimum absolute atomic E-state index is 0.208. The fourth-order valence-corrected chi connectivity index (χ4v) is 11.8. The minimum Gasteiger partial charge on any atom is -0.310 e. The summed E-state index contributed by atoms with van der Waals surface area (Å²) in [4.78, 5) is 7.67. The number of anilines is 3. The van der Waals surface area contributed by atoms with Gasteiger partial charge >= 0.3 is 0 Å². The van der Waals surface area contributed by atoms with Crippen molar-refractivity contribution in [3.8, 4) is 39.3 Å². The maximum Gasteiger partial charge on any atom is 0.145 e. The molecule has 0 bridgehead atoms. The van der Waals surface area contributed by atoms with Gasteiger partial charge in [0, 0.05) is 45.1 Å². The summed E-state index contributed by atoms with van der Waals surface area (Å²) in [7, 11) is 0. The van der Waals surface area contributed by atoms with Gasteiger partial charge in [-0.3, -0.25) is 4.57 Å². The summed E-state index contributed by atoms with van der Waals surface area (Å²) in [6, 6.07) is 73.4. The summed E-state index contributed by atoms with van der Waals surface area (Å²) in [5.41, 5.74) is 18.5. The van der Waals surface area contributed by atoms with Crippen LogP contribution in [0.1, 0.15) is 48.4 Å². The highest BCUT2D eigenvalue weighted by atomic mass is 15.1. The van der Waals surface area contributed by atoms with Crippen LogP contribution in [0.25, 0.3) is 50.4 Å². The van der Waals surface area contributed by atoms with Crippen LogP contribution in [-0.2, 0) is 5.41 Å². The number of hydrogen-bond donors (Lipinski definition) is 0. The zero-order valence-electron chi connectivity index (χ0n) is 38.8. The SMILES string of the molecule is CC1=CCC(C2(c3ccc(C)cc3)c3cc(N(c4ccc(-c5ccc(-c6ccccc6)cc5)cc4)c4ccc(-c5nc6ccccc6n5-c5ccccc5)cc4)ccc3C3C=CC=CC32C)C=C1. The topological polar surface area (TPSA) is 21.1 Å². The Morgan fingerprint density at radius 1 is 0.559 bits per heavy atom. The normalized spacial score (nSPS) is 20.2. The molecule has 1 heterocycles. The van der Waals surface area contributed by atoms with Crippen LogP contribution in [0.15, 0.2) is 248 Å². The number of benzene rings is 8. The van der Waals surface area contributed by atoms with Crippen molar-refractivity contribution < 1.29 is 0 Å². The lowest BCUT2D eigenvalue weighted by molar-refractivity contribution is 0.190. The van der Waals surface area contributed by atoms with E-state index >= 15 is 0 Å². The molecule has 0 aliphatic heterocycles. The van der Waals surface area contributed by atoms with Gasteiger partial charge in [0.2, 0.25) is 0 Å². The smallest absolute Gasteiger partial charge is 0.145 e. The number of allylic oxidation sites excluding steroid dienone is 8. The Morgan fingerprint density at radius 2 is 1.15 bits per heavy atom. The Balaban J connectivity index is 1.02. The van der Waals surface area contributed by atoms with E-state index in [1.54, 1.807) is 0 Å². The monoisotopic (exact) mass is 875 g/mol. The summed E-state index contributed by atoms with van der Waals surface area (Å²) in [6.45, 7) is 6.94. The molecule has 12 rings (SSSR count). The summed E-state index contributed by atoms with van der Waals surface area (Å²) in [5, 5.41) is 0. The lowest BCUT2D eigenvalue weighted by Crippen LogP contribution is -2.48. The van der Waals surface area contributed by atoms with Crippen molar-refractivity contribution in [1.82, 2.24) is 9.55 Å². The standard InChI is InChI=1S/C65H53N3/c1-45-21-33-52(34-22-45)65(53-35-23-46(2)24-36-53)60-44-57(41-42-58(60)59-18-12-13-43-64(59,65)3)67(55-37-29-50(30-38-55)49-27-25-48(26-28-49)47-14-6-4-7-15-47)56-39-31-51(32-40-56)63-66-61-19-10-11-20-62(61)68(63)54-16-8-5-9-17-54/h4-35,37-44,53,59H,36H2,1-3H3. The molecule has 9 aromatic rings. The van der Waals surface area contributed by atoms with Crippen molar-refractivity contribution in [3.05, 3.63) is 271 Å². The van der Waals surface area contributed by atoms with E-state index in [0.29, 0.717) is 0 Å². The van der Waals surface area contributed by atoms with Gasteiger partial charge in [0.25, 0.3) is 0 Å². The summed E-state index contributed by atoms with van der Waals surface area (Å²) in [5.74, 6) is 1.39. The van der Waals surface area contributed by atoms with Crippen LogP contribution in [-0.4, -0.2) is 9.55 Å². The van der Waals surface area contributed by atoms with Crippen LogP contribution in [0.3, 0.4) is 0 Å². The highest BCUT2D eigenvalue weighted by Gasteiger charge is 2.62. The highest BCUT2D eigenvalue weighted by molar-refractivity contribution is 5.85. The predicted molar refractivity (Wildman–Crippen MR) is 284 cm³/mol. The van der Waals surface area contributed by atoms with Gasteiger partial charge in [-0.05, 0) is 138 Å². The number of hydrogen-bond acceptors (Lipinski definition) is 2. The second-order valence-corrected chi connectivity index (χ2v) is 19.1. The Labute approximate surface area is 400 Å². The maximum absolute atomic E-state index is 5.22. The molecule has 3 heteroatoms. The molecule has 3 nitrogen and oxygen atoms in total. The largest absolute Gasteiger partial charge is 0.310 e. The van der Waals surface area contributed by atoms with Gasteiger partial charge in [0.15, 0.2) is 0 Å². The Kier molecular flexibility index (Phi) is 10.2. The lowest BCUT2D eigenvalue weighted by atomic mass is 9.51. The van der Waals surface area contributed by atoms with Gasteiger partial charge in [-0.1, -0.05) is 188 Å². The van der Waals surface area contributed by atoms with Crippen LogP contribution < -0.4 is 4.90 Å². The van der Waals surface area contributed by atoms with Crippen LogP contribution in [0.4, 0.5) is 17.1 Å². The van der Waals surface area contributed by atoms with Gasteiger partial charge in [-0.15, -0.1) is 0 Å². The molecule has 0 radical (unpaired) electrons. The highest BCUT2D eigenvalue weighted by Crippen LogP contribution is 2.68. The Bertz CT molecular complexity index is 3430. The van der Waals surface area contributed by atoms with E-state index in [-0.39, 0.29) is 22.7 Å². The minimum atomic E-state index is -0.340.